The lowest BCUT2D eigenvalue weighted by atomic mass is 9.98. The van der Waals surface area contributed by atoms with Gasteiger partial charge in [0.05, 0.1) is 0 Å². The van der Waals surface area contributed by atoms with Crippen LogP contribution in [-0.4, -0.2) is 57.8 Å². The zero-order chi connectivity index (χ0) is 26.7. The first kappa shape index (κ1) is 29.1. The second-order valence-corrected chi connectivity index (χ2v) is 15.4. The lowest BCUT2D eigenvalue weighted by Crippen LogP contribution is -2.40. The number of carbonyl (C=O) groups is 2. The molecule has 1 aromatic rings. The topological polar surface area (TPSA) is 72.0 Å². The van der Waals surface area contributed by atoms with E-state index in [1.165, 1.54) is 0 Å². The molecule has 7 nitrogen and oxygen atoms in total. The Kier molecular flexibility index (Phi) is 9.31. The number of nitrogens with zero attached hydrogens (tertiary/aromatic N) is 3. The summed E-state index contributed by atoms with van der Waals surface area (Å²) < 4.78 is 11.2. The summed E-state index contributed by atoms with van der Waals surface area (Å²) in [5.41, 5.74) is 1.12. The minimum Gasteiger partial charge on any atom is -0.444 e. The maximum atomic E-state index is 12.8. The number of likely N-dealkylation sites (tertiary alicyclic amines) is 1. The Balaban J connectivity index is 1.52. The number of aryl methyl sites for hydroxylation is 2. The SMILES string of the molecule is CC(C)(C)OC(=O)N1CC[C@@H](CC(P)(P)CCCc2ccc3c(n2)N(C(=O)OC(C)(C)C)CCC3)C1. The predicted molar refractivity (Wildman–Crippen MR) is 152 cm³/mol. The zero-order valence-electron chi connectivity index (χ0n) is 22.9. The smallest absolute Gasteiger partial charge is 0.416 e. The van der Waals surface area contributed by atoms with Gasteiger partial charge in [0.1, 0.15) is 17.0 Å². The number of hydrogen-bond donors (Lipinski definition) is 0. The Morgan fingerprint density at radius 1 is 1.03 bits per heavy atom. The average Bonchev–Trinajstić information content (AvgIpc) is 3.18. The fourth-order valence-corrected chi connectivity index (χ4v) is 5.92. The summed E-state index contributed by atoms with van der Waals surface area (Å²) in [7, 11) is 6.03. The molecule has 9 heteroatoms. The van der Waals surface area contributed by atoms with E-state index < -0.39 is 11.2 Å². The summed E-state index contributed by atoms with van der Waals surface area (Å²) in [6.45, 7) is 13.5. The molecule has 2 unspecified atom stereocenters. The van der Waals surface area contributed by atoms with Crippen LogP contribution in [0.1, 0.15) is 84.9 Å². The van der Waals surface area contributed by atoms with Crippen molar-refractivity contribution in [2.24, 2.45) is 5.92 Å². The molecule has 2 amide bonds. The molecule has 1 aromatic heterocycles. The highest BCUT2D eigenvalue weighted by Crippen LogP contribution is 2.41. The molecule has 1 saturated heterocycles. The number of rotatable bonds is 6. The maximum Gasteiger partial charge on any atom is 0.416 e. The minimum absolute atomic E-state index is 0.0192. The van der Waals surface area contributed by atoms with Crippen LogP contribution in [0.2, 0.25) is 0 Å². The number of carbonyl (C=O) groups excluding carboxylic acids is 2. The standard InChI is InChI=1S/C27H45N3O4P2/c1-25(2,3)33-23(31)29-16-13-19(18-29)17-27(35,36)14-7-10-21-12-11-20-9-8-15-30(22(20)28-21)24(32)34-26(4,5)6/h11-12,19H,7-10,13-18,35-36H2,1-6H3/t19-/m0/s1. The molecular formula is C27H45N3O4P2. The van der Waals surface area contributed by atoms with Crippen molar-refractivity contribution in [1.29, 1.82) is 0 Å². The lowest BCUT2D eigenvalue weighted by Gasteiger charge is -2.31. The van der Waals surface area contributed by atoms with Crippen LogP contribution in [0.15, 0.2) is 12.1 Å². The largest absolute Gasteiger partial charge is 0.444 e. The molecule has 1 fully saturated rings. The first-order valence-electron chi connectivity index (χ1n) is 13.2. The van der Waals surface area contributed by atoms with Crippen LogP contribution in [0.4, 0.5) is 15.4 Å². The van der Waals surface area contributed by atoms with Crippen molar-refractivity contribution < 1.29 is 19.1 Å². The second-order valence-electron chi connectivity index (χ2n) is 12.4. The molecule has 36 heavy (non-hydrogen) atoms. The molecule has 2 aliphatic heterocycles. The number of anilines is 1. The van der Waals surface area contributed by atoms with E-state index >= 15 is 0 Å². The highest BCUT2D eigenvalue weighted by molar-refractivity contribution is 7.39. The quantitative estimate of drug-likeness (QED) is 0.405. The van der Waals surface area contributed by atoms with Crippen LogP contribution in [0.3, 0.4) is 0 Å². The van der Waals surface area contributed by atoms with Gasteiger partial charge in [0.25, 0.3) is 0 Å². The Morgan fingerprint density at radius 2 is 1.69 bits per heavy atom. The molecule has 0 spiro atoms. The summed E-state index contributed by atoms with van der Waals surface area (Å²) in [6.07, 6.45) is 6.22. The Bertz CT molecular complexity index is 940. The van der Waals surface area contributed by atoms with Gasteiger partial charge in [-0.25, -0.2) is 14.6 Å². The number of ether oxygens (including phenoxy) is 2. The van der Waals surface area contributed by atoms with E-state index in [0.717, 1.165) is 75.1 Å². The summed E-state index contributed by atoms with van der Waals surface area (Å²) in [5.74, 6) is 1.22. The molecule has 3 rings (SSSR count). The van der Waals surface area contributed by atoms with Crippen molar-refractivity contribution in [3.05, 3.63) is 23.4 Å². The zero-order valence-corrected chi connectivity index (χ0v) is 25.2. The molecule has 0 saturated carbocycles. The van der Waals surface area contributed by atoms with E-state index in [1.54, 1.807) is 4.90 Å². The number of aromatic nitrogens is 1. The first-order chi connectivity index (χ1) is 16.6. The fraction of sp³-hybridized carbons (Fsp3) is 0.741. The van der Waals surface area contributed by atoms with Crippen molar-refractivity contribution in [2.75, 3.05) is 24.5 Å². The van der Waals surface area contributed by atoms with Gasteiger partial charge in [-0.2, -0.15) is 0 Å². The van der Waals surface area contributed by atoms with Crippen molar-refractivity contribution in [1.82, 2.24) is 9.88 Å². The van der Waals surface area contributed by atoms with Crippen LogP contribution in [0.5, 0.6) is 0 Å². The molecule has 0 bridgehead atoms. The summed E-state index contributed by atoms with van der Waals surface area (Å²) in [6, 6.07) is 4.22. The van der Waals surface area contributed by atoms with Gasteiger partial charge in [0.15, 0.2) is 0 Å². The third kappa shape index (κ3) is 8.84. The van der Waals surface area contributed by atoms with Crippen LogP contribution >= 0.6 is 18.5 Å². The molecular weight excluding hydrogens is 492 g/mol. The molecule has 3 heterocycles. The lowest BCUT2D eigenvalue weighted by molar-refractivity contribution is 0.0287. The van der Waals surface area contributed by atoms with Gasteiger partial charge in [-0.15, -0.1) is 18.5 Å². The molecule has 2 aliphatic rings. The fourth-order valence-electron chi connectivity index (χ4n) is 4.84. The monoisotopic (exact) mass is 537 g/mol. The predicted octanol–water partition coefficient (Wildman–Crippen LogP) is 6.19. The molecule has 0 radical (unpaired) electrons. The van der Waals surface area contributed by atoms with Crippen molar-refractivity contribution in [3.8, 4) is 0 Å². The third-order valence-corrected chi connectivity index (χ3v) is 7.44. The molecule has 3 atom stereocenters. The summed E-state index contributed by atoms with van der Waals surface area (Å²) in [4.78, 5) is 33.6. The Labute approximate surface area is 221 Å². The van der Waals surface area contributed by atoms with E-state index in [2.05, 4.69) is 30.6 Å². The van der Waals surface area contributed by atoms with Gasteiger partial charge < -0.3 is 14.4 Å². The summed E-state index contributed by atoms with van der Waals surface area (Å²) in [5, 5.41) is 0. The first-order valence-corrected chi connectivity index (χ1v) is 14.3. The van der Waals surface area contributed by atoms with Crippen LogP contribution < -0.4 is 4.90 Å². The second kappa shape index (κ2) is 11.5. The normalized spacial score (nSPS) is 18.7. The Morgan fingerprint density at radius 3 is 2.36 bits per heavy atom. The van der Waals surface area contributed by atoms with Gasteiger partial charge in [-0.05, 0) is 109 Å². The van der Waals surface area contributed by atoms with E-state index in [0.29, 0.717) is 12.5 Å². The third-order valence-electron chi connectivity index (χ3n) is 6.39. The van der Waals surface area contributed by atoms with Gasteiger partial charge in [-0.1, -0.05) is 6.07 Å². The molecule has 0 aromatic carbocycles. The van der Waals surface area contributed by atoms with Crippen LogP contribution in [-0.2, 0) is 22.3 Å². The Hall–Kier alpha value is -1.45. The highest BCUT2D eigenvalue weighted by atomic mass is 31.1. The number of hydrogen-bond acceptors (Lipinski definition) is 5. The molecule has 0 aliphatic carbocycles. The average molecular weight is 538 g/mol. The van der Waals surface area contributed by atoms with E-state index in [1.807, 2.05) is 46.4 Å². The number of amides is 2. The van der Waals surface area contributed by atoms with Crippen LogP contribution in [0.25, 0.3) is 0 Å². The van der Waals surface area contributed by atoms with Gasteiger partial charge in [0, 0.05) is 25.3 Å². The minimum atomic E-state index is -0.531. The highest BCUT2D eigenvalue weighted by Gasteiger charge is 2.33. The van der Waals surface area contributed by atoms with Gasteiger partial charge >= 0.3 is 12.2 Å². The van der Waals surface area contributed by atoms with E-state index in [4.69, 9.17) is 14.5 Å². The van der Waals surface area contributed by atoms with E-state index in [-0.39, 0.29) is 17.1 Å². The van der Waals surface area contributed by atoms with Gasteiger partial charge in [-0.3, -0.25) is 4.90 Å². The van der Waals surface area contributed by atoms with Crippen LogP contribution in [0, 0.1) is 5.92 Å². The van der Waals surface area contributed by atoms with Crippen molar-refractivity contribution in [3.63, 3.8) is 0 Å². The maximum absolute atomic E-state index is 12.8. The molecule has 202 valence electrons. The van der Waals surface area contributed by atoms with Gasteiger partial charge in [0.2, 0.25) is 0 Å². The van der Waals surface area contributed by atoms with Crippen molar-refractivity contribution >= 4 is 36.5 Å². The number of pyridine rings is 1. The summed E-state index contributed by atoms with van der Waals surface area (Å²) >= 11 is 0. The number of fused-ring (bicyclic) bond motifs is 1. The van der Waals surface area contributed by atoms with E-state index in [9.17, 15) is 9.59 Å². The van der Waals surface area contributed by atoms with Crippen molar-refractivity contribution in [2.45, 2.75) is 103 Å². The molecule has 0 N–H and O–H groups in total.